The fourth-order valence-corrected chi connectivity index (χ4v) is 3.02. The van der Waals surface area contributed by atoms with E-state index in [1.807, 2.05) is 29.2 Å². The number of hydrogen-bond acceptors (Lipinski definition) is 2. The van der Waals surface area contributed by atoms with Crippen LogP contribution in [0.2, 0.25) is 0 Å². The largest absolute Gasteiger partial charge is 0.497 e. The Balaban J connectivity index is 1.62. The topological polar surface area (TPSA) is 29.5 Å². The summed E-state index contributed by atoms with van der Waals surface area (Å²) in [7, 11) is 1.64. The molecule has 3 nitrogen and oxygen atoms in total. The lowest BCUT2D eigenvalue weighted by Gasteiger charge is -2.32. The third-order valence-electron chi connectivity index (χ3n) is 4.40. The van der Waals surface area contributed by atoms with Crippen LogP contribution in [0.3, 0.4) is 0 Å². The normalized spacial score (nSPS) is 18.1. The molecule has 0 spiro atoms. The van der Waals surface area contributed by atoms with Gasteiger partial charge in [0, 0.05) is 19.5 Å². The van der Waals surface area contributed by atoms with Crippen LogP contribution in [0, 0.1) is 5.82 Å². The second kappa shape index (κ2) is 6.82. The molecule has 0 aliphatic carbocycles. The zero-order chi connectivity index (χ0) is 16.2. The predicted octanol–water partition coefficient (Wildman–Crippen LogP) is 3.74. The number of benzene rings is 2. The van der Waals surface area contributed by atoms with Crippen LogP contribution in [0.5, 0.6) is 5.75 Å². The second-order valence-electron chi connectivity index (χ2n) is 5.90. The minimum absolute atomic E-state index is 0.154. The third-order valence-corrected chi connectivity index (χ3v) is 4.40. The Kier molecular flexibility index (Phi) is 4.60. The number of halogens is 1. The Morgan fingerprint density at radius 1 is 1.13 bits per heavy atom. The van der Waals surface area contributed by atoms with Gasteiger partial charge in [0.05, 0.1) is 7.11 Å². The molecule has 0 aromatic heterocycles. The molecule has 23 heavy (non-hydrogen) atoms. The highest BCUT2D eigenvalue weighted by molar-refractivity contribution is 5.78. The number of amides is 1. The number of ether oxygens (including phenoxy) is 1. The first kappa shape index (κ1) is 15.5. The molecule has 4 heteroatoms. The molecule has 1 aliphatic heterocycles. The van der Waals surface area contributed by atoms with Gasteiger partial charge in [0.15, 0.2) is 0 Å². The van der Waals surface area contributed by atoms with Crippen LogP contribution in [0.4, 0.5) is 4.39 Å². The van der Waals surface area contributed by atoms with Crippen LogP contribution in [0.15, 0.2) is 48.5 Å². The summed E-state index contributed by atoms with van der Waals surface area (Å²) in [6.45, 7) is 1.35. The summed E-state index contributed by atoms with van der Waals surface area (Å²) in [4.78, 5) is 14.3. The van der Waals surface area contributed by atoms with Gasteiger partial charge < -0.3 is 9.64 Å². The molecule has 0 radical (unpaired) electrons. The number of nitrogens with zero attached hydrogens (tertiary/aromatic N) is 1. The van der Waals surface area contributed by atoms with Crippen molar-refractivity contribution in [3.63, 3.8) is 0 Å². The molecule has 0 N–H and O–H groups in total. The first-order valence-electron chi connectivity index (χ1n) is 7.82. The number of piperidine rings is 1. The molecule has 3 rings (SSSR count). The van der Waals surface area contributed by atoms with E-state index in [0.717, 1.165) is 29.8 Å². The maximum atomic E-state index is 13.0. The Morgan fingerprint density at radius 2 is 1.83 bits per heavy atom. The maximum Gasteiger partial charge on any atom is 0.223 e. The van der Waals surface area contributed by atoms with Crippen molar-refractivity contribution >= 4 is 5.91 Å². The van der Waals surface area contributed by atoms with E-state index in [1.54, 1.807) is 19.2 Å². The minimum atomic E-state index is -0.239. The van der Waals surface area contributed by atoms with E-state index in [9.17, 15) is 9.18 Å². The summed E-state index contributed by atoms with van der Waals surface area (Å²) in [5.74, 6) is 0.920. The van der Waals surface area contributed by atoms with Gasteiger partial charge in [-0.05, 0) is 47.7 Å². The molecule has 2 aromatic carbocycles. The Morgan fingerprint density at radius 3 is 2.43 bits per heavy atom. The van der Waals surface area contributed by atoms with E-state index in [-0.39, 0.29) is 17.6 Å². The Bertz CT molecular complexity index is 667. The molecule has 120 valence electrons. The molecule has 1 aliphatic rings. The number of hydrogen-bond donors (Lipinski definition) is 0. The third kappa shape index (κ3) is 3.70. The van der Waals surface area contributed by atoms with Crippen LogP contribution in [0.25, 0.3) is 0 Å². The van der Waals surface area contributed by atoms with Crippen molar-refractivity contribution in [2.24, 2.45) is 0 Å². The molecule has 1 heterocycles. The van der Waals surface area contributed by atoms with Crippen LogP contribution in [-0.2, 0) is 11.3 Å². The highest BCUT2D eigenvalue weighted by atomic mass is 19.1. The highest BCUT2D eigenvalue weighted by Crippen LogP contribution is 2.29. The molecular formula is C19H20FNO2. The quantitative estimate of drug-likeness (QED) is 0.860. The fraction of sp³-hybridized carbons (Fsp3) is 0.316. The van der Waals surface area contributed by atoms with Crippen molar-refractivity contribution in [2.45, 2.75) is 25.3 Å². The molecule has 1 amide bonds. The van der Waals surface area contributed by atoms with Crippen LogP contribution in [0.1, 0.15) is 29.9 Å². The van der Waals surface area contributed by atoms with Gasteiger partial charge in [0.2, 0.25) is 5.91 Å². The molecule has 1 fully saturated rings. The predicted molar refractivity (Wildman–Crippen MR) is 86.8 cm³/mol. The van der Waals surface area contributed by atoms with E-state index in [0.29, 0.717) is 13.0 Å². The first-order chi connectivity index (χ1) is 11.2. The summed E-state index contributed by atoms with van der Waals surface area (Å²) in [6.07, 6.45) is 1.40. The van der Waals surface area contributed by atoms with Crippen LogP contribution < -0.4 is 4.74 Å². The molecular weight excluding hydrogens is 293 g/mol. The smallest absolute Gasteiger partial charge is 0.223 e. The molecule has 0 bridgehead atoms. The van der Waals surface area contributed by atoms with Crippen molar-refractivity contribution in [1.82, 2.24) is 4.90 Å². The number of carbonyl (C=O) groups excluding carboxylic acids is 1. The van der Waals surface area contributed by atoms with E-state index in [4.69, 9.17) is 4.74 Å². The van der Waals surface area contributed by atoms with E-state index < -0.39 is 0 Å². The van der Waals surface area contributed by atoms with Gasteiger partial charge >= 0.3 is 0 Å². The van der Waals surface area contributed by atoms with Gasteiger partial charge in [0.25, 0.3) is 0 Å². The lowest BCUT2D eigenvalue weighted by atomic mass is 9.89. The Labute approximate surface area is 135 Å². The zero-order valence-electron chi connectivity index (χ0n) is 13.2. The van der Waals surface area contributed by atoms with Crippen molar-refractivity contribution < 1.29 is 13.9 Å². The van der Waals surface area contributed by atoms with Crippen molar-refractivity contribution in [3.8, 4) is 5.75 Å². The highest BCUT2D eigenvalue weighted by Gasteiger charge is 2.26. The maximum absolute atomic E-state index is 13.0. The van der Waals surface area contributed by atoms with Crippen LogP contribution >= 0.6 is 0 Å². The molecule has 2 aromatic rings. The molecule has 1 unspecified atom stereocenters. The van der Waals surface area contributed by atoms with Gasteiger partial charge in [-0.3, -0.25) is 4.79 Å². The standard InChI is InChI=1S/C19H20FNO2/c1-23-18-8-2-14(3-9-18)13-21-11-10-16(12-19(21)22)15-4-6-17(20)7-5-15/h2-9,16H,10-13H2,1H3. The summed E-state index contributed by atoms with van der Waals surface area (Å²) < 4.78 is 18.1. The van der Waals surface area contributed by atoms with E-state index in [1.165, 1.54) is 12.1 Å². The van der Waals surface area contributed by atoms with Gasteiger partial charge in [-0.2, -0.15) is 0 Å². The monoisotopic (exact) mass is 313 g/mol. The lowest BCUT2D eigenvalue weighted by Crippen LogP contribution is -2.37. The van der Waals surface area contributed by atoms with E-state index >= 15 is 0 Å². The van der Waals surface area contributed by atoms with E-state index in [2.05, 4.69) is 0 Å². The van der Waals surface area contributed by atoms with Gasteiger partial charge in [-0.15, -0.1) is 0 Å². The zero-order valence-corrected chi connectivity index (χ0v) is 13.2. The molecule has 0 saturated carbocycles. The summed E-state index contributed by atoms with van der Waals surface area (Å²) in [5.41, 5.74) is 2.14. The summed E-state index contributed by atoms with van der Waals surface area (Å²) in [5, 5.41) is 0. The van der Waals surface area contributed by atoms with Gasteiger partial charge in [-0.1, -0.05) is 24.3 Å². The summed E-state index contributed by atoms with van der Waals surface area (Å²) >= 11 is 0. The Hall–Kier alpha value is -2.36. The van der Waals surface area contributed by atoms with Crippen molar-refractivity contribution in [2.75, 3.05) is 13.7 Å². The average Bonchev–Trinajstić information content (AvgIpc) is 2.58. The van der Waals surface area contributed by atoms with Gasteiger partial charge in [0.1, 0.15) is 11.6 Å². The number of likely N-dealkylation sites (tertiary alicyclic amines) is 1. The number of methoxy groups -OCH3 is 1. The minimum Gasteiger partial charge on any atom is -0.497 e. The van der Waals surface area contributed by atoms with Crippen molar-refractivity contribution in [1.29, 1.82) is 0 Å². The molecule has 1 atom stereocenters. The second-order valence-corrected chi connectivity index (χ2v) is 5.90. The van der Waals surface area contributed by atoms with Crippen molar-refractivity contribution in [3.05, 3.63) is 65.5 Å². The summed E-state index contributed by atoms with van der Waals surface area (Å²) in [6, 6.07) is 14.3. The first-order valence-corrected chi connectivity index (χ1v) is 7.82. The number of carbonyl (C=O) groups is 1. The van der Waals surface area contributed by atoms with Gasteiger partial charge in [-0.25, -0.2) is 4.39 Å². The lowest BCUT2D eigenvalue weighted by molar-refractivity contribution is -0.134. The SMILES string of the molecule is COc1ccc(CN2CCC(c3ccc(F)cc3)CC2=O)cc1. The van der Waals surface area contributed by atoms with Crippen LogP contribution in [-0.4, -0.2) is 24.5 Å². The molecule has 1 saturated heterocycles. The average molecular weight is 313 g/mol. The number of rotatable bonds is 4. The fourth-order valence-electron chi connectivity index (χ4n) is 3.02.